The lowest BCUT2D eigenvalue weighted by Crippen LogP contribution is -2.54. The Balaban J connectivity index is 0.00000242. The van der Waals surface area contributed by atoms with Crippen LogP contribution in [-0.2, 0) is 9.59 Å². The highest BCUT2D eigenvalue weighted by Crippen LogP contribution is 2.28. The molecule has 0 bridgehead atoms. The second-order valence-corrected chi connectivity index (χ2v) is 5.60. The molecule has 0 spiro atoms. The van der Waals surface area contributed by atoms with Gasteiger partial charge in [-0.1, -0.05) is 29.8 Å². The predicted molar refractivity (Wildman–Crippen MR) is 89.3 cm³/mol. The molecule has 1 saturated heterocycles. The third-order valence-electron chi connectivity index (χ3n) is 3.58. The molecule has 1 fully saturated rings. The molecule has 0 radical (unpaired) electrons. The summed E-state index contributed by atoms with van der Waals surface area (Å²) < 4.78 is 0. The Labute approximate surface area is 141 Å². The van der Waals surface area contributed by atoms with Crippen LogP contribution in [0.25, 0.3) is 0 Å². The Morgan fingerprint density at radius 1 is 1.41 bits per heavy atom. The largest absolute Gasteiger partial charge is 0.345 e. The molecule has 0 saturated carbocycles. The van der Waals surface area contributed by atoms with E-state index in [0.717, 1.165) is 12.1 Å². The van der Waals surface area contributed by atoms with Gasteiger partial charge in [-0.25, -0.2) is 0 Å². The molecule has 5 nitrogen and oxygen atoms in total. The van der Waals surface area contributed by atoms with Crippen LogP contribution in [0.2, 0.25) is 5.02 Å². The van der Waals surface area contributed by atoms with Crippen LogP contribution < -0.4 is 10.6 Å². The van der Waals surface area contributed by atoms with Crippen molar-refractivity contribution in [2.24, 2.45) is 0 Å². The average Bonchev–Trinajstić information content (AvgIpc) is 2.46. The van der Waals surface area contributed by atoms with Gasteiger partial charge in [-0.3, -0.25) is 9.59 Å². The monoisotopic (exact) mass is 345 g/mol. The number of hydrogen-bond donors (Lipinski definition) is 2. The minimum Gasteiger partial charge on any atom is -0.345 e. The van der Waals surface area contributed by atoms with E-state index in [4.69, 9.17) is 11.6 Å². The molecule has 7 heteroatoms. The summed E-state index contributed by atoms with van der Waals surface area (Å²) in [6, 6.07) is 6.89. The van der Waals surface area contributed by atoms with E-state index in [9.17, 15) is 9.59 Å². The number of carbonyl (C=O) groups is 2. The fourth-order valence-electron chi connectivity index (χ4n) is 2.61. The molecule has 2 unspecified atom stereocenters. The molecular formula is C15H21Cl2N3O2. The molecule has 2 N–H and O–H groups in total. The summed E-state index contributed by atoms with van der Waals surface area (Å²) in [5, 5.41) is 6.58. The first-order chi connectivity index (χ1) is 10.0. The zero-order valence-corrected chi connectivity index (χ0v) is 14.2. The van der Waals surface area contributed by atoms with Gasteiger partial charge in [0.15, 0.2) is 0 Å². The topological polar surface area (TPSA) is 61.4 Å². The Bertz CT molecular complexity index is 539. The third-order valence-corrected chi connectivity index (χ3v) is 3.93. The van der Waals surface area contributed by atoms with Crippen LogP contribution in [0.3, 0.4) is 0 Å². The number of hydrogen-bond acceptors (Lipinski definition) is 3. The van der Waals surface area contributed by atoms with Gasteiger partial charge in [-0.05, 0) is 18.6 Å². The maximum Gasteiger partial charge on any atom is 0.245 e. The summed E-state index contributed by atoms with van der Waals surface area (Å²) in [4.78, 5) is 25.5. The summed E-state index contributed by atoms with van der Waals surface area (Å²) in [5.74, 6) is -0.295. The Hall–Kier alpha value is -1.30. The molecular weight excluding hydrogens is 325 g/mol. The van der Waals surface area contributed by atoms with E-state index in [-0.39, 0.29) is 30.3 Å². The van der Waals surface area contributed by atoms with Crippen molar-refractivity contribution in [2.45, 2.75) is 25.9 Å². The summed E-state index contributed by atoms with van der Waals surface area (Å²) in [6.07, 6.45) is 0. The van der Waals surface area contributed by atoms with Crippen LogP contribution in [0.4, 0.5) is 0 Å². The predicted octanol–water partition coefficient (Wildman–Crippen LogP) is 1.76. The Morgan fingerprint density at radius 2 is 2.09 bits per heavy atom. The molecule has 0 aliphatic carbocycles. The van der Waals surface area contributed by atoms with Crippen LogP contribution in [0, 0.1) is 0 Å². The van der Waals surface area contributed by atoms with Crippen LogP contribution in [0.1, 0.15) is 25.5 Å². The lowest BCUT2D eigenvalue weighted by Gasteiger charge is -2.38. The summed E-state index contributed by atoms with van der Waals surface area (Å²) in [5.41, 5.74) is 0.926. The van der Waals surface area contributed by atoms with Crippen LogP contribution in [-0.4, -0.2) is 42.4 Å². The summed E-state index contributed by atoms with van der Waals surface area (Å²) in [6.45, 7) is 5.10. The third kappa shape index (κ3) is 4.35. The summed E-state index contributed by atoms with van der Waals surface area (Å²) in [7, 11) is 0. The molecule has 122 valence electrons. The number of piperazine rings is 1. The average molecular weight is 346 g/mol. The quantitative estimate of drug-likeness (QED) is 0.877. The first-order valence-corrected chi connectivity index (χ1v) is 7.41. The van der Waals surface area contributed by atoms with E-state index in [1.165, 1.54) is 6.92 Å². The highest BCUT2D eigenvalue weighted by molar-refractivity contribution is 6.31. The zero-order chi connectivity index (χ0) is 15.4. The molecule has 2 atom stereocenters. The highest BCUT2D eigenvalue weighted by Gasteiger charge is 2.31. The Kier molecular flexibility index (Phi) is 7.13. The van der Waals surface area contributed by atoms with Crippen molar-refractivity contribution in [3.05, 3.63) is 34.9 Å². The van der Waals surface area contributed by atoms with Crippen molar-refractivity contribution in [1.82, 2.24) is 15.5 Å². The van der Waals surface area contributed by atoms with Gasteiger partial charge in [0.1, 0.15) is 6.04 Å². The molecule has 2 rings (SSSR count). The van der Waals surface area contributed by atoms with Crippen molar-refractivity contribution >= 4 is 35.8 Å². The lowest BCUT2D eigenvalue weighted by atomic mass is 10.0. The van der Waals surface area contributed by atoms with Crippen molar-refractivity contribution < 1.29 is 9.59 Å². The number of benzene rings is 1. The van der Waals surface area contributed by atoms with E-state index in [2.05, 4.69) is 10.6 Å². The van der Waals surface area contributed by atoms with E-state index in [0.29, 0.717) is 18.1 Å². The van der Waals surface area contributed by atoms with Crippen molar-refractivity contribution in [3.63, 3.8) is 0 Å². The first-order valence-electron chi connectivity index (χ1n) is 7.03. The minimum absolute atomic E-state index is 0. The van der Waals surface area contributed by atoms with Crippen LogP contribution in [0.5, 0.6) is 0 Å². The van der Waals surface area contributed by atoms with Gasteiger partial charge < -0.3 is 15.5 Å². The molecule has 1 aromatic rings. The molecule has 0 aromatic heterocycles. The van der Waals surface area contributed by atoms with Crippen LogP contribution in [0.15, 0.2) is 24.3 Å². The number of nitrogens with zero attached hydrogens (tertiary/aromatic N) is 1. The fraction of sp³-hybridized carbons (Fsp3) is 0.467. The van der Waals surface area contributed by atoms with Crippen LogP contribution >= 0.6 is 24.0 Å². The molecule has 1 aromatic carbocycles. The SMILES string of the molecule is CC(=O)NC(C)C(=O)N1CCNCC1c1ccccc1Cl.Cl. The van der Waals surface area contributed by atoms with Crippen molar-refractivity contribution in [1.29, 1.82) is 0 Å². The summed E-state index contributed by atoms with van der Waals surface area (Å²) >= 11 is 6.26. The van der Waals surface area contributed by atoms with Gasteiger partial charge in [0.2, 0.25) is 11.8 Å². The Morgan fingerprint density at radius 3 is 2.73 bits per heavy atom. The second kappa shape index (κ2) is 8.36. The van der Waals surface area contributed by atoms with E-state index < -0.39 is 6.04 Å². The number of nitrogens with one attached hydrogen (secondary N) is 2. The molecule has 1 heterocycles. The highest BCUT2D eigenvalue weighted by atomic mass is 35.5. The lowest BCUT2D eigenvalue weighted by molar-refractivity contribution is -0.138. The van der Waals surface area contributed by atoms with Crippen molar-refractivity contribution in [3.8, 4) is 0 Å². The van der Waals surface area contributed by atoms with Gasteiger partial charge in [0.05, 0.1) is 6.04 Å². The second-order valence-electron chi connectivity index (χ2n) is 5.20. The number of carbonyl (C=O) groups excluding carboxylic acids is 2. The van der Waals surface area contributed by atoms with E-state index in [1.54, 1.807) is 11.8 Å². The smallest absolute Gasteiger partial charge is 0.245 e. The fourth-order valence-corrected chi connectivity index (χ4v) is 2.87. The normalized spacial score (nSPS) is 19.0. The van der Waals surface area contributed by atoms with Crippen molar-refractivity contribution in [2.75, 3.05) is 19.6 Å². The maximum atomic E-state index is 12.6. The number of amides is 2. The van der Waals surface area contributed by atoms with Gasteiger partial charge in [0.25, 0.3) is 0 Å². The van der Waals surface area contributed by atoms with Gasteiger partial charge in [-0.2, -0.15) is 0 Å². The van der Waals surface area contributed by atoms with Gasteiger partial charge >= 0.3 is 0 Å². The molecule has 1 aliphatic heterocycles. The molecule has 2 amide bonds. The minimum atomic E-state index is -0.536. The molecule has 1 aliphatic rings. The zero-order valence-electron chi connectivity index (χ0n) is 12.6. The standard InChI is InChI=1S/C15H20ClN3O2.ClH/c1-10(18-11(2)20)15(21)19-8-7-17-9-14(19)12-5-3-4-6-13(12)16;/h3-6,10,14,17H,7-9H2,1-2H3,(H,18,20);1H. The maximum absolute atomic E-state index is 12.6. The van der Waals surface area contributed by atoms with Gasteiger partial charge in [-0.15, -0.1) is 12.4 Å². The van der Waals surface area contributed by atoms with Gasteiger partial charge in [0, 0.05) is 31.6 Å². The van der Waals surface area contributed by atoms with E-state index in [1.807, 2.05) is 24.3 Å². The number of rotatable bonds is 3. The van der Waals surface area contributed by atoms with E-state index >= 15 is 0 Å². The first kappa shape index (κ1) is 18.7. The molecule has 22 heavy (non-hydrogen) atoms. The number of halogens is 2.